The van der Waals surface area contributed by atoms with Crippen molar-refractivity contribution in [3.63, 3.8) is 0 Å². The summed E-state index contributed by atoms with van der Waals surface area (Å²) in [4.78, 5) is 25.9. The molecule has 1 aromatic carbocycles. The molecule has 6 heteroatoms. The Morgan fingerprint density at radius 2 is 1.84 bits per heavy atom. The molecule has 1 heterocycles. The normalized spacial score (nSPS) is 23.3. The first kappa shape index (κ1) is 18.4. The van der Waals surface area contributed by atoms with E-state index < -0.39 is 0 Å². The summed E-state index contributed by atoms with van der Waals surface area (Å²) in [6, 6.07) is 5.38. The van der Waals surface area contributed by atoms with Gasteiger partial charge in [0, 0.05) is 44.1 Å². The number of hydrogen-bond donors (Lipinski definition) is 0. The minimum Gasteiger partial charge on any atom is -0.294 e. The summed E-state index contributed by atoms with van der Waals surface area (Å²) in [6.45, 7) is 4.12. The van der Waals surface area contributed by atoms with E-state index in [-0.39, 0.29) is 29.4 Å². The summed E-state index contributed by atoms with van der Waals surface area (Å²) in [6.07, 6.45) is 1.35. The number of carbonyl (C=O) groups is 2. The van der Waals surface area contributed by atoms with Gasteiger partial charge in [-0.2, -0.15) is 0 Å². The number of rotatable bonds is 2. The molecule has 25 heavy (non-hydrogen) atoms. The Morgan fingerprint density at radius 3 is 2.48 bits per heavy atom. The number of nitrogens with zero attached hydrogens (tertiary/aromatic N) is 2. The molecule has 3 rings (SSSR count). The van der Waals surface area contributed by atoms with Crippen molar-refractivity contribution in [3.8, 4) is 0 Å². The number of ketones is 1. The molecule has 0 spiro atoms. The standard InChI is InChI=1S/C19H22Cl2N2O2/c1-19(2)9-14-17(15(24)10-19)12(8-16(25)23(14)22(3)4)11-6-5-7-13(20)18(11)21/h5-7,12H,8-10H2,1-4H3/t12-/m0/s1. The molecule has 0 bridgehead atoms. The van der Waals surface area contributed by atoms with Crippen LogP contribution in [0.5, 0.6) is 0 Å². The van der Waals surface area contributed by atoms with Gasteiger partial charge in [0.15, 0.2) is 5.78 Å². The topological polar surface area (TPSA) is 40.6 Å². The van der Waals surface area contributed by atoms with Crippen molar-refractivity contribution >= 4 is 34.9 Å². The van der Waals surface area contributed by atoms with Gasteiger partial charge in [-0.1, -0.05) is 49.2 Å². The van der Waals surface area contributed by atoms with Crippen LogP contribution in [0.15, 0.2) is 29.5 Å². The zero-order valence-corrected chi connectivity index (χ0v) is 16.4. The maximum atomic E-state index is 13.0. The number of Topliss-reactive ketones (excluding diaryl/α,β-unsaturated/α-hetero) is 1. The van der Waals surface area contributed by atoms with Gasteiger partial charge in [-0.05, 0) is 23.5 Å². The third-order valence-corrected chi connectivity index (χ3v) is 5.71. The molecule has 0 N–H and O–H groups in total. The van der Waals surface area contributed by atoms with E-state index >= 15 is 0 Å². The molecule has 1 aliphatic heterocycles. The molecule has 1 atom stereocenters. The van der Waals surface area contributed by atoms with Crippen molar-refractivity contribution in [1.82, 2.24) is 10.0 Å². The number of amides is 1. The van der Waals surface area contributed by atoms with E-state index in [1.54, 1.807) is 16.1 Å². The molecule has 134 valence electrons. The van der Waals surface area contributed by atoms with Crippen LogP contribution < -0.4 is 0 Å². The predicted octanol–water partition coefficient (Wildman–Crippen LogP) is 4.43. The predicted molar refractivity (Wildman–Crippen MR) is 99.4 cm³/mol. The quantitative estimate of drug-likeness (QED) is 0.761. The van der Waals surface area contributed by atoms with Gasteiger partial charge < -0.3 is 0 Å². The van der Waals surface area contributed by atoms with Crippen molar-refractivity contribution < 1.29 is 9.59 Å². The Balaban J connectivity index is 2.21. The van der Waals surface area contributed by atoms with Gasteiger partial charge in [0.25, 0.3) is 0 Å². The minimum atomic E-state index is -0.339. The van der Waals surface area contributed by atoms with Crippen molar-refractivity contribution in [2.75, 3.05) is 14.1 Å². The number of hydrogen-bond acceptors (Lipinski definition) is 3. The monoisotopic (exact) mass is 380 g/mol. The molecule has 1 amide bonds. The molecule has 2 aliphatic rings. The average molecular weight is 381 g/mol. The van der Waals surface area contributed by atoms with Gasteiger partial charge in [0.1, 0.15) is 0 Å². The van der Waals surface area contributed by atoms with E-state index in [0.717, 1.165) is 11.3 Å². The molecule has 1 aliphatic carbocycles. The molecule has 4 nitrogen and oxygen atoms in total. The van der Waals surface area contributed by atoms with E-state index in [9.17, 15) is 9.59 Å². The average Bonchev–Trinajstić information content (AvgIpc) is 2.47. The number of halogens is 2. The molecule has 0 aromatic heterocycles. The van der Waals surface area contributed by atoms with Crippen molar-refractivity contribution in [1.29, 1.82) is 0 Å². The van der Waals surface area contributed by atoms with Gasteiger partial charge in [-0.15, -0.1) is 0 Å². The zero-order valence-electron chi connectivity index (χ0n) is 14.9. The maximum absolute atomic E-state index is 13.0. The molecule has 1 aromatic rings. The van der Waals surface area contributed by atoms with Crippen molar-refractivity contribution in [2.24, 2.45) is 5.41 Å². The van der Waals surface area contributed by atoms with Gasteiger partial charge in [0.2, 0.25) is 5.91 Å². The fourth-order valence-electron chi connectivity index (χ4n) is 3.92. The number of carbonyl (C=O) groups excluding carboxylic acids is 2. The summed E-state index contributed by atoms with van der Waals surface area (Å²) in [5.41, 5.74) is 2.08. The summed E-state index contributed by atoms with van der Waals surface area (Å²) in [5.74, 6) is -0.282. The summed E-state index contributed by atoms with van der Waals surface area (Å²) < 4.78 is 0. The number of benzene rings is 1. The van der Waals surface area contributed by atoms with Gasteiger partial charge in [-0.25, -0.2) is 10.0 Å². The van der Waals surface area contributed by atoms with E-state index in [1.165, 1.54) is 0 Å². The second-order valence-corrected chi connectivity index (χ2v) is 8.54. The molecule has 0 saturated heterocycles. The Kier molecular flexibility index (Phi) is 4.73. The molecule has 0 saturated carbocycles. The highest BCUT2D eigenvalue weighted by Gasteiger charge is 2.45. The summed E-state index contributed by atoms with van der Waals surface area (Å²) in [5, 5.41) is 4.25. The lowest BCUT2D eigenvalue weighted by Gasteiger charge is -2.44. The Bertz CT molecular complexity index is 784. The first-order valence-electron chi connectivity index (χ1n) is 8.33. The largest absolute Gasteiger partial charge is 0.294 e. The van der Waals surface area contributed by atoms with Crippen molar-refractivity contribution in [3.05, 3.63) is 45.1 Å². The van der Waals surface area contributed by atoms with Crippen LogP contribution >= 0.6 is 23.2 Å². The lowest BCUT2D eigenvalue weighted by molar-refractivity contribution is -0.143. The van der Waals surface area contributed by atoms with Crippen LogP contribution in [0.2, 0.25) is 10.0 Å². The fraction of sp³-hybridized carbons (Fsp3) is 0.474. The smallest absolute Gasteiger partial charge is 0.242 e. The highest BCUT2D eigenvalue weighted by molar-refractivity contribution is 6.42. The van der Waals surface area contributed by atoms with Gasteiger partial charge >= 0.3 is 0 Å². The SMILES string of the molecule is CN(C)N1C(=O)C[C@@H](c2cccc(Cl)c2Cl)C2=C1CC(C)(C)CC2=O. The third kappa shape index (κ3) is 3.23. The summed E-state index contributed by atoms with van der Waals surface area (Å²) >= 11 is 12.6. The van der Waals surface area contributed by atoms with Crippen LogP contribution in [0, 0.1) is 5.41 Å². The van der Waals surface area contributed by atoms with Crippen molar-refractivity contribution in [2.45, 2.75) is 39.0 Å². The van der Waals surface area contributed by atoms with E-state index in [1.807, 2.05) is 26.2 Å². The van der Waals surface area contributed by atoms with Crippen LogP contribution in [0.25, 0.3) is 0 Å². The van der Waals surface area contributed by atoms with E-state index in [0.29, 0.717) is 28.5 Å². The van der Waals surface area contributed by atoms with Gasteiger partial charge in [-0.3, -0.25) is 9.59 Å². The van der Waals surface area contributed by atoms with Crippen LogP contribution in [0.1, 0.15) is 44.6 Å². The molecular weight excluding hydrogens is 359 g/mol. The third-order valence-electron chi connectivity index (χ3n) is 4.87. The lowest BCUT2D eigenvalue weighted by atomic mass is 9.69. The molecule has 0 radical (unpaired) electrons. The highest BCUT2D eigenvalue weighted by Crippen LogP contribution is 2.48. The number of hydrazine groups is 1. The molecule has 0 fully saturated rings. The second-order valence-electron chi connectivity index (χ2n) is 7.75. The first-order chi connectivity index (χ1) is 11.6. The summed E-state index contributed by atoms with van der Waals surface area (Å²) in [7, 11) is 3.64. The van der Waals surface area contributed by atoms with Crippen LogP contribution in [0.4, 0.5) is 0 Å². The van der Waals surface area contributed by atoms with Gasteiger partial charge in [0.05, 0.1) is 10.0 Å². The Hall–Kier alpha value is -1.36. The van der Waals surface area contributed by atoms with Crippen LogP contribution in [0.3, 0.4) is 0 Å². The van der Waals surface area contributed by atoms with Crippen LogP contribution in [-0.2, 0) is 9.59 Å². The minimum absolute atomic E-state index is 0.0321. The van der Waals surface area contributed by atoms with E-state index in [4.69, 9.17) is 23.2 Å². The highest BCUT2D eigenvalue weighted by atomic mass is 35.5. The lowest BCUT2D eigenvalue weighted by Crippen LogP contribution is -2.49. The van der Waals surface area contributed by atoms with E-state index in [2.05, 4.69) is 13.8 Å². The Morgan fingerprint density at radius 1 is 1.16 bits per heavy atom. The second kappa shape index (κ2) is 6.42. The molecular formula is C19H22Cl2N2O2. The first-order valence-corrected chi connectivity index (χ1v) is 9.08. The van der Waals surface area contributed by atoms with Crippen LogP contribution in [-0.4, -0.2) is 35.8 Å². The Labute approximate surface area is 158 Å². The maximum Gasteiger partial charge on any atom is 0.242 e. The molecule has 0 unspecified atom stereocenters. The fourth-order valence-corrected chi connectivity index (χ4v) is 4.36. The zero-order chi connectivity index (χ0) is 18.5. The number of allylic oxidation sites excluding steroid dienone is 2.